The van der Waals surface area contributed by atoms with Gasteiger partial charge in [-0.1, -0.05) is 41.7 Å². The maximum absolute atomic E-state index is 14.1. The van der Waals surface area contributed by atoms with Gasteiger partial charge in [0, 0.05) is 49.2 Å². The Kier molecular flexibility index (Phi) is 6.70. The summed E-state index contributed by atoms with van der Waals surface area (Å²) >= 11 is 2.74. The van der Waals surface area contributed by atoms with Crippen LogP contribution in [0.15, 0.2) is 70.4 Å². The number of rotatable bonds is 6. The summed E-state index contributed by atoms with van der Waals surface area (Å²) in [4.78, 5) is 35.4. The second-order valence-corrected chi connectivity index (χ2v) is 9.93. The number of carbonyl (C=O) groups excluding carboxylic acids is 1. The summed E-state index contributed by atoms with van der Waals surface area (Å²) in [6, 6.07) is 17.7. The van der Waals surface area contributed by atoms with Crippen molar-refractivity contribution in [3.63, 3.8) is 0 Å². The maximum Gasteiger partial charge on any atom is 0.275 e. The Morgan fingerprint density at radius 1 is 1.03 bits per heavy atom. The first-order chi connectivity index (χ1) is 16.6. The summed E-state index contributed by atoms with van der Waals surface area (Å²) in [7, 11) is 0. The van der Waals surface area contributed by atoms with Crippen molar-refractivity contribution in [1.29, 1.82) is 0 Å². The topological polar surface area (TPSA) is 70.8 Å². The summed E-state index contributed by atoms with van der Waals surface area (Å²) in [6.45, 7) is 3.23. The number of carbonyl (C=O) groups is 1. The summed E-state index contributed by atoms with van der Waals surface area (Å²) in [5.41, 5.74) is 0.712. The highest BCUT2D eigenvalue weighted by molar-refractivity contribution is 8.00. The first-order valence-electron chi connectivity index (χ1n) is 10.9. The summed E-state index contributed by atoms with van der Waals surface area (Å²) in [6.07, 6.45) is 0. The Morgan fingerprint density at radius 2 is 1.76 bits per heavy atom. The lowest BCUT2D eigenvalue weighted by Gasteiger charge is -2.34. The van der Waals surface area contributed by atoms with Crippen molar-refractivity contribution in [3.05, 3.63) is 82.5 Å². The predicted molar refractivity (Wildman–Crippen MR) is 132 cm³/mol. The second kappa shape index (κ2) is 10.0. The number of aromatic nitrogens is 3. The number of piperazine rings is 1. The van der Waals surface area contributed by atoms with Gasteiger partial charge in [-0.3, -0.25) is 14.5 Å². The molecule has 10 heteroatoms. The number of fused-ring (bicyclic) bond motifs is 1. The number of hydrogen-bond donors (Lipinski definition) is 0. The van der Waals surface area contributed by atoms with Crippen LogP contribution in [-0.4, -0.2) is 62.2 Å². The number of amides is 1. The van der Waals surface area contributed by atoms with Crippen molar-refractivity contribution in [2.45, 2.75) is 11.4 Å². The van der Waals surface area contributed by atoms with Crippen molar-refractivity contribution in [2.24, 2.45) is 0 Å². The third-order valence-corrected chi connectivity index (χ3v) is 7.56. The van der Waals surface area contributed by atoms with E-state index in [9.17, 15) is 14.0 Å². The molecule has 1 aliphatic rings. The molecule has 0 spiro atoms. The van der Waals surface area contributed by atoms with E-state index in [1.165, 1.54) is 28.0 Å². The highest BCUT2D eigenvalue weighted by Gasteiger charge is 2.22. The fourth-order valence-electron chi connectivity index (χ4n) is 3.82. The molecule has 0 unspecified atom stereocenters. The van der Waals surface area contributed by atoms with Gasteiger partial charge in [0.15, 0.2) is 5.01 Å². The minimum absolute atomic E-state index is 0.136. The molecule has 1 amide bonds. The number of nitrogens with zero attached hydrogens (tertiary/aromatic N) is 5. The molecule has 0 bridgehead atoms. The van der Waals surface area contributed by atoms with Crippen LogP contribution in [0.25, 0.3) is 15.5 Å². The van der Waals surface area contributed by atoms with Gasteiger partial charge in [-0.05, 0) is 24.3 Å². The van der Waals surface area contributed by atoms with E-state index in [1.807, 2.05) is 35.2 Å². The van der Waals surface area contributed by atoms with E-state index in [-0.39, 0.29) is 17.3 Å². The molecule has 0 N–H and O–H groups in total. The van der Waals surface area contributed by atoms with E-state index in [4.69, 9.17) is 0 Å². The molecule has 0 atom stereocenters. The van der Waals surface area contributed by atoms with Crippen LogP contribution >= 0.6 is 23.1 Å². The van der Waals surface area contributed by atoms with Gasteiger partial charge in [0.05, 0.1) is 11.4 Å². The lowest BCUT2D eigenvalue weighted by molar-refractivity contribution is -0.130. The predicted octanol–water partition coefficient (Wildman–Crippen LogP) is 3.39. The van der Waals surface area contributed by atoms with Gasteiger partial charge >= 0.3 is 0 Å². The first-order valence-corrected chi connectivity index (χ1v) is 12.7. The Bertz CT molecular complexity index is 1370. The minimum atomic E-state index is -0.385. The van der Waals surface area contributed by atoms with Crippen LogP contribution in [0.3, 0.4) is 0 Å². The van der Waals surface area contributed by atoms with Gasteiger partial charge < -0.3 is 4.90 Å². The Morgan fingerprint density at radius 3 is 2.53 bits per heavy atom. The average Bonchev–Trinajstić information content (AvgIpc) is 3.28. The zero-order chi connectivity index (χ0) is 23.5. The van der Waals surface area contributed by atoms with Gasteiger partial charge in [0.1, 0.15) is 5.82 Å². The van der Waals surface area contributed by atoms with Crippen molar-refractivity contribution in [1.82, 2.24) is 24.4 Å². The van der Waals surface area contributed by atoms with Crippen LogP contribution in [0.1, 0.15) is 5.69 Å². The number of thioether (sulfide) groups is 1. The fraction of sp³-hybridized carbons (Fsp3) is 0.250. The van der Waals surface area contributed by atoms with Crippen molar-refractivity contribution in [3.8, 4) is 10.6 Å². The Hall–Kier alpha value is -3.08. The molecule has 2 aromatic heterocycles. The lowest BCUT2D eigenvalue weighted by Crippen LogP contribution is -2.49. The smallest absolute Gasteiger partial charge is 0.275 e. The molecule has 1 fully saturated rings. The van der Waals surface area contributed by atoms with E-state index in [2.05, 4.69) is 15.0 Å². The number of halogens is 1. The van der Waals surface area contributed by atoms with Crippen LogP contribution in [0.4, 0.5) is 4.39 Å². The highest BCUT2D eigenvalue weighted by atomic mass is 32.2. The molecule has 0 saturated carbocycles. The van der Waals surface area contributed by atoms with E-state index in [0.717, 1.165) is 4.90 Å². The SMILES string of the molecule is O=C(CSc1ccccc1)N1CCN(Cc2cc(=O)n3nc(-c4ccccc4F)sc3n2)CC1. The zero-order valence-corrected chi connectivity index (χ0v) is 19.9. The molecule has 2 aromatic carbocycles. The van der Waals surface area contributed by atoms with E-state index in [1.54, 1.807) is 30.0 Å². The Labute approximate surface area is 203 Å². The zero-order valence-electron chi connectivity index (χ0n) is 18.3. The molecular weight excluding hydrogens is 473 g/mol. The molecule has 0 radical (unpaired) electrons. The Balaban J connectivity index is 1.21. The lowest BCUT2D eigenvalue weighted by atomic mass is 10.2. The molecule has 1 aliphatic heterocycles. The summed E-state index contributed by atoms with van der Waals surface area (Å²) in [5.74, 6) is 0.176. The van der Waals surface area contributed by atoms with Gasteiger partial charge in [0.2, 0.25) is 10.9 Å². The largest absolute Gasteiger partial charge is 0.339 e. The molecule has 1 saturated heterocycles. The van der Waals surface area contributed by atoms with Gasteiger partial charge in [-0.25, -0.2) is 9.37 Å². The first kappa shape index (κ1) is 22.7. The van der Waals surface area contributed by atoms with Gasteiger partial charge in [-0.2, -0.15) is 9.61 Å². The standard InChI is InChI=1S/C24H22FN5O2S2/c25-20-9-5-4-8-19(20)23-27-30-21(31)14-17(26-24(30)34-23)15-28-10-12-29(13-11-28)22(32)16-33-18-6-2-1-3-7-18/h1-9,14H,10-13,15-16H2. The van der Waals surface area contributed by atoms with Gasteiger partial charge in [-0.15, -0.1) is 11.8 Å². The monoisotopic (exact) mass is 495 g/mol. The molecule has 5 rings (SSSR count). The molecule has 4 aromatic rings. The second-order valence-electron chi connectivity index (χ2n) is 7.93. The minimum Gasteiger partial charge on any atom is -0.339 e. The third kappa shape index (κ3) is 5.03. The van der Waals surface area contributed by atoms with Crippen LogP contribution in [-0.2, 0) is 11.3 Å². The van der Waals surface area contributed by atoms with E-state index < -0.39 is 0 Å². The maximum atomic E-state index is 14.1. The number of hydrogen-bond acceptors (Lipinski definition) is 7. The summed E-state index contributed by atoms with van der Waals surface area (Å²) < 4.78 is 15.4. The van der Waals surface area contributed by atoms with Crippen LogP contribution < -0.4 is 5.56 Å². The molecule has 174 valence electrons. The molecule has 3 heterocycles. The van der Waals surface area contributed by atoms with E-state index >= 15 is 0 Å². The average molecular weight is 496 g/mol. The van der Waals surface area contributed by atoms with E-state index in [0.29, 0.717) is 59.7 Å². The third-order valence-electron chi connectivity index (χ3n) is 5.62. The highest BCUT2D eigenvalue weighted by Crippen LogP contribution is 2.26. The van der Waals surface area contributed by atoms with Crippen molar-refractivity contribution < 1.29 is 9.18 Å². The normalized spacial score (nSPS) is 14.6. The number of benzene rings is 2. The molecule has 34 heavy (non-hydrogen) atoms. The van der Waals surface area contributed by atoms with Gasteiger partial charge in [0.25, 0.3) is 5.56 Å². The molecule has 0 aliphatic carbocycles. The van der Waals surface area contributed by atoms with Crippen LogP contribution in [0.2, 0.25) is 0 Å². The van der Waals surface area contributed by atoms with Crippen molar-refractivity contribution >= 4 is 34.0 Å². The van der Waals surface area contributed by atoms with Crippen LogP contribution in [0.5, 0.6) is 0 Å². The fourth-order valence-corrected chi connectivity index (χ4v) is 5.59. The molecular formula is C24H22FN5O2S2. The van der Waals surface area contributed by atoms with Crippen LogP contribution in [0, 0.1) is 5.82 Å². The van der Waals surface area contributed by atoms with Crippen molar-refractivity contribution in [2.75, 3.05) is 31.9 Å². The molecule has 7 nitrogen and oxygen atoms in total. The quantitative estimate of drug-likeness (QED) is 0.382. The summed E-state index contributed by atoms with van der Waals surface area (Å²) in [5, 5.41) is 4.68.